The molecular weight excluding hydrogens is 226 g/mol. The van der Waals surface area contributed by atoms with Gasteiger partial charge in [0.2, 0.25) is 0 Å². The van der Waals surface area contributed by atoms with Crippen LogP contribution >= 0.6 is 0 Å². The first-order valence-corrected chi connectivity index (χ1v) is 6.86. The molecule has 2 aliphatic rings. The Hall–Kier alpha value is -1.06. The fourth-order valence-corrected chi connectivity index (χ4v) is 3.59. The van der Waals surface area contributed by atoms with E-state index < -0.39 is 0 Å². The van der Waals surface area contributed by atoms with Gasteiger partial charge in [0.05, 0.1) is 6.61 Å². The van der Waals surface area contributed by atoms with Crippen molar-refractivity contribution in [2.45, 2.75) is 38.2 Å². The van der Waals surface area contributed by atoms with Crippen molar-refractivity contribution >= 4 is 0 Å². The topological polar surface area (TPSA) is 43.7 Å². The summed E-state index contributed by atoms with van der Waals surface area (Å²) in [5.74, 6) is 0.917. The summed E-state index contributed by atoms with van der Waals surface area (Å²) in [6, 6.07) is 2.02. The van der Waals surface area contributed by atoms with Gasteiger partial charge in [-0.25, -0.2) is 0 Å². The second kappa shape index (κ2) is 4.56. The van der Waals surface area contributed by atoms with Crippen molar-refractivity contribution in [3.8, 4) is 5.75 Å². The molecule has 0 amide bonds. The molecular formula is C15H21NO2. The molecule has 1 atom stereocenters. The predicted octanol–water partition coefficient (Wildman–Crippen LogP) is 1.79. The Morgan fingerprint density at radius 1 is 1.39 bits per heavy atom. The van der Waals surface area contributed by atoms with Crippen molar-refractivity contribution in [2.24, 2.45) is 0 Å². The molecule has 0 radical (unpaired) electrons. The third-order valence-corrected chi connectivity index (χ3v) is 4.46. The first-order chi connectivity index (χ1) is 8.70. The van der Waals surface area contributed by atoms with E-state index in [0.29, 0.717) is 17.2 Å². The molecule has 3 rings (SSSR count). The molecule has 0 aromatic heterocycles. The highest BCUT2D eigenvalue weighted by Crippen LogP contribution is 2.42. The van der Waals surface area contributed by atoms with Crippen LogP contribution in [0.15, 0.2) is 6.07 Å². The number of nitrogens with zero attached hydrogens (tertiary/aromatic N) is 1. The average molecular weight is 247 g/mol. The van der Waals surface area contributed by atoms with E-state index in [2.05, 4.69) is 11.9 Å². The monoisotopic (exact) mass is 247 g/mol. The maximum Gasteiger partial charge on any atom is 0.124 e. The lowest BCUT2D eigenvalue weighted by Crippen LogP contribution is -2.25. The van der Waals surface area contributed by atoms with Gasteiger partial charge in [0, 0.05) is 18.7 Å². The van der Waals surface area contributed by atoms with Crippen molar-refractivity contribution in [3.63, 3.8) is 0 Å². The number of phenols is 1. The molecule has 98 valence electrons. The van der Waals surface area contributed by atoms with Crippen LogP contribution in [0, 0.1) is 0 Å². The highest BCUT2D eigenvalue weighted by molar-refractivity contribution is 5.53. The molecule has 1 unspecified atom stereocenters. The zero-order valence-corrected chi connectivity index (χ0v) is 10.9. The molecule has 0 spiro atoms. The molecule has 0 bridgehead atoms. The molecule has 1 aliphatic heterocycles. The van der Waals surface area contributed by atoms with Crippen molar-refractivity contribution in [1.29, 1.82) is 0 Å². The summed E-state index contributed by atoms with van der Waals surface area (Å²) in [6.07, 6.45) is 4.36. The van der Waals surface area contributed by atoms with Crippen LogP contribution in [0.1, 0.15) is 41.0 Å². The minimum Gasteiger partial charge on any atom is -0.507 e. The Kier molecular flexibility index (Phi) is 3.04. The van der Waals surface area contributed by atoms with Crippen molar-refractivity contribution in [2.75, 3.05) is 20.1 Å². The van der Waals surface area contributed by atoms with Gasteiger partial charge in [0.1, 0.15) is 5.75 Å². The van der Waals surface area contributed by atoms with Gasteiger partial charge in [-0.05, 0) is 61.4 Å². The third-order valence-electron chi connectivity index (χ3n) is 4.46. The fraction of sp³-hybridized carbons (Fsp3) is 0.600. The van der Waals surface area contributed by atoms with Gasteiger partial charge in [-0.1, -0.05) is 0 Å². The van der Waals surface area contributed by atoms with E-state index in [1.54, 1.807) is 0 Å². The van der Waals surface area contributed by atoms with Gasteiger partial charge >= 0.3 is 0 Å². The Morgan fingerprint density at radius 2 is 2.22 bits per heavy atom. The van der Waals surface area contributed by atoms with E-state index in [0.717, 1.165) is 37.9 Å². The summed E-state index contributed by atoms with van der Waals surface area (Å²) in [7, 11) is 2.17. The second-order valence-electron chi connectivity index (χ2n) is 5.70. The highest BCUT2D eigenvalue weighted by Gasteiger charge is 2.29. The number of hydrogen-bond donors (Lipinski definition) is 2. The van der Waals surface area contributed by atoms with Crippen LogP contribution in [-0.4, -0.2) is 35.3 Å². The molecule has 1 heterocycles. The van der Waals surface area contributed by atoms with Gasteiger partial charge in [-0.2, -0.15) is 0 Å². The average Bonchev–Trinajstić information content (AvgIpc) is 2.53. The molecule has 2 N–H and O–H groups in total. The van der Waals surface area contributed by atoms with E-state index in [4.69, 9.17) is 0 Å². The molecule has 18 heavy (non-hydrogen) atoms. The third kappa shape index (κ3) is 1.82. The SMILES string of the molecule is CN1CCc2cc(CO)c(O)c3c2C(CCC3)C1. The van der Waals surface area contributed by atoms with E-state index >= 15 is 0 Å². The number of aromatic hydroxyl groups is 1. The Labute approximate surface area is 108 Å². The van der Waals surface area contributed by atoms with E-state index in [1.165, 1.54) is 17.5 Å². The summed E-state index contributed by atoms with van der Waals surface area (Å²) >= 11 is 0. The van der Waals surface area contributed by atoms with Crippen molar-refractivity contribution < 1.29 is 10.2 Å². The summed E-state index contributed by atoms with van der Waals surface area (Å²) in [5, 5.41) is 19.7. The quantitative estimate of drug-likeness (QED) is 0.795. The Bertz CT molecular complexity index is 470. The van der Waals surface area contributed by atoms with Gasteiger partial charge < -0.3 is 15.1 Å². The number of aliphatic hydroxyl groups excluding tert-OH is 1. The normalized spacial score (nSPS) is 23.6. The van der Waals surface area contributed by atoms with Crippen LogP contribution in [0.5, 0.6) is 5.75 Å². The molecule has 0 saturated carbocycles. The van der Waals surface area contributed by atoms with Crippen LogP contribution < -0.4 is 0 Å². The van der Waals surface area contributed by atoms with E-state index in [-0.39, 0.29) is 6.61 Å². The first-order valence-electron chi connectivity index (χ1n) is 6.86. The fourth-order valence-electron chi connectivity index (χ4n) is 3.59. The molecule has 1 aromatic carbocycles. The second-order valence-corrected chi connectivity index (χ2v) is 5.70. The standard InChI is InChI=1S/C15H21NO2/c1-16-6-5-10-7-12(9-17)15(18)13-4-2-3-11(8-16)14(10)13/h7,11,17-18H,2-6,8-9H2,1H3. The molecule has 1 aliphatic carbocycles. The maximum atomic E-state index is 10.3. The van der Waals surface area contributed by atoms with Gasteiger partial charge in [0.15, 0.2) is 0 Å². The van der Waals surface area contributed by atoms with Crippen LogP contribution in [0.4, 0.5) is 0 Å². The van der Waals surface area contributed by atoms with E-state index in [9.17, 15) is 10.2 Å². The number of likely N-dealkylation sites (N-methyl/N-ethyl adjacent to an activating group) is 1. The summed E-state index contributed by atoms with van der Waals surface area (Å²) in [5.41, 5.74) is 4.55. The lowest BCUT2D eigenvalue weighted by Gasteiger charge is -2.29. The largest absolute Gasteiger partial charge is 0.507 e. The summed E-state index contributed by atoms with van der Waals surface area (Å²) < 4.78 is 0. The predicted molar refractivity (Wildman–Crippen MR) is 70.9 cm³/mol. The number of rotatable bonds is 1. The van der Waals surface area contributed by atoms with Crippen LogP contribution in [-0.2, 0) is 19.4 Å². The van der Waals surface area contributed by atoms with Crippen LogP contribution in [0.25, 0.3) is 0 Å². The first kappa shape index (κ1) is 12.0. The minimum absolute atomic E-state index is 0.0629. The maximum absolute atomic E-state index is 10.3. The number of benzene rings is 1. The van der Waals surface area contributed by atoms with Crippen LogP contribution in [0.3, 0.4) is 0 Å². The van der Waals surface area contributed by atoms with Gasteiger partial charge in [-0.3, -0.25) is 0 Å². The van der Waals surface area contributed by atoms with Gasteiger partial charge in [0.25, 0.3) is 0 Å². The number of aliphatic hydroxyl groups is 1. The van der Waals surface area contributed by atoms with E-state index in [1.807, 2.05) is 6.07 Å². The smallest absolute Gasteiger partial charge is 0.124 e. The van der Waals surface area contributed by atoms with Crippen molar-refractivity contribution in [3.05, 3.63) is 28.3 Å². The van der Waals surface area contributed by atoms with Crippen molar-refractivity contribution in [1.82, 2.24) is 4.90 Å². The summed E-state index contributed by atoms with van der Waals surface area (Å²) in [6.45, 7) is 2.10. The zero-order valence-electron chi connectivity index (χ0n) is 10.9. The molecule has 0 saturated heterocycles. The molecule has 0 fully saturated rings. The lowest BCUT2D eigenvalue weighted by molar-refractivity contribution is 0.274. The van der Waals surface area contributed by atoms with Gasteiger partial charge in [-0.15, -0.1) is 0 Å². The molecule has 1 aromatic rings. The Balaban J connectivity index is 2.17. The summed E-state index contributed by atoms with van der Waals surface area (Å²) in [4.78, 5) is 2.38. The Morgan fingerprint density at radius 3 is 3.00 bits per heavy atom. The number of hydrogen-bond acceptors (Lipinski definition) is 3. The molecule has 3 nitrogen and oxygen atoms in total. The molecule has 3 heteroatoms. The minimum atomic E-state index is -0.0629. The highest BCUT2D eigenvalue weighted by atomic mass is 16.3. The van der Waals surface area contributed by atoms with Crippen LogP contribution in [0.2, 0.25) is 0 Å². The lowest BCUT2D eigenvalue weighted by atomic mass is 9.78. The zero-order chi connectivity index (χ0) is 12.7.